The van der Waals surface area contributed by atoms with Crippen molar-refractivity contribution in [1.82, 2.24) is 14.7 Å². The summed E-state index contributed by atoms with van der Waals surface area (Å²) in [6, 6.07) is 0. The highest BCUT2D eigenvalue weighted by Gasteiger charge is 2.18. The van der Waals surface area contributed by atoms with Gasteiger partial charge in [-0.1, -0.05) is 6.92 Å². The lowest BCUT2D eigenvalue weighted by Crippen LogP contribution is -2.36. The number of rotatable bonds is 5. The van der Waals surface area contributed by atoms with Crippen molar-refractivity contribution < 1.29 is 14.7 Å². The maximum atomic E-state index is 12.0. The molecule has 0 saturated carbocycles. The number of aromatic nitrogens is 2. The van der Waals surface area contributed by atoms with Gasteiger partial charge < -0.3 is 10.4 Å². The van der Waals surface area contributed by atoms with Crippen LogP contribution in [0.1, 0.15) is 23.7 Å². The minimum atomic E-state index is -0.976. The lowest BCUT2D eigenvalue weighted by atomic mass is 10.1. The summed E-state index contributed by atoms with van der Waals surface area (Å²) in [5.74, 6) is -2.25. The van der Waals surface area contributed by atoms with Gasteiger partial charge in [-0.05, 0) is 6.42 Å². The molecule has 1 unspecified atom stereocenters. The van der Waals surface area contributed by atoms with Crippen molar-refractivity contribution in [1.29, 1.82) is 0 Å². The molecule has 7 nitrogen and oxygen atoms in total. The highest BCUT2D eigenvalue weighted by molar-refractivity contribution is 7.15. The SMILES string of the molecule is CCC(CNC(=O)c1cnc2sccn2c1=O)C(=O)O. The number of hydrogen-bond donors (Lipinski definition) is 2. The van der Waals surface area contributed by atoms with Crippen molar-refractivity contribution in [3.05, 3.63) is 33.7 Å². The summed E-state index contributed by atoms with van der Waals surface area (Å²) < 4.78 is 1.29. The second kappa shape index (κ2) is 5.83. The summed E-state index contributed by atoms with van der Waals surface area (Å²) in [5, 5.41) is 13.1. The number of thiazole rings is 1. The molecule has 0 aliphatic carbocycles. The number of fused-ring (bicyclic) bond motifs is 1. The van der Waals surface area contributed by atoms with Gasteiger partial charge >= 0.3 is 5.97 Å². The molecule has 0 saturated heterocycles. The molecule has 2 aromatic heterocycles. The third-order valence-corrected chi connectivity index (χ3v) is 3.71. The Hall–Kier alpha value is -2.22. The van der Waals surface area contributed by atoms with Crippen LogP contribution in [0.4, 0.5) is 0 Å². The van der Waals surface area contributed by atoms with Crippen molar-refractivity contribution in [2.24, 2.45) is 5.92 Å². The number of hydrogen-bond acceptors (Lipinski definition) is 5. The van der Waals surface area contributed by atoms with E-state index in [1.54, 1.807) is 12.3 Å². The van der Waals surface area contributed by atoms with Gasteiger partial charge in [0.2, 0.25) is 0 Å². The Morgan fingerprint density at radius 2 is 2.30 bits per heavy atom. The zero-order valence-corrected chi connectivity index (χ0v) is 11.5. The number of nitrogens with zero attached hydrogens (tertiary/aromatic N) is 2. The fourth-order valence-corrected chi connectivity index (χ4v) is 2.37. The molecule has 0 aromatic carbocycles. The highest BCUT2D eigenvalue weighted by Crippen LogP contribution is 2.06. The Morgan fingerprint density at radius 1 is 1.55 bits per heavy atom. The molecular formula is C12H13N3O4S. The largest absolute Gasteiger partial charge is 0.481 e. The van der Waals surface area contributed by atoms with Crippen LogP contribution in [0.2, 0.25) is 0 Å². The first-order valence-electron chi connectivity index (χ1n) is 6.00. The van der Waals surface area contributed by atoms with Crippen LogP contribution in [0.15, 0.2) is 22.6 Å². The van der Waals surface area contributed by atoms with E-state index in [4.69, 9.17) is 5.11 Å². The average Bonchev–Trinajstić information content (AvgIpc) is 2.88. The Bertz CT molecular complexity index is 706. The lowest BCUT2D eigenvalue weighted by Gasteiger charge is -2.10. The van der Waals surface area contributed by atoms with Gasteiger partial charge in [-0.15, -0.1) is 11.3 Å². The molecule has 0 radical (unpaired) electrons. The second-order valence-electron chi connectivity index (χ2n) is 4.19. The lowest BCUT2D eigenvalue weighted by molar-refractivity contribution is -0.141. The molecule has 0 spiro atoms. The van der Waals surface area contributed by atoms with Gasteiger partial charge in [0.25, 0.3) is 11.5 Å². The fourth-order valence-electron chi connectivity index (χ4n) is 1.70. The van der Waals surface area contributed by atoms with E-state index in [0.29, 0.717) is 11.4 Å². The van der Waals surface area contributed by atoms with E-state index in [-0.39, 0.29) is 12.1 Å². The zero-order valence-electron chi connectivity index (χ0n) is 10.7. The van der Waals surface area contributed by atoms with Crippen molar-refractivity contribution in [2.75, 3.05) is 6.54 Å². The minimum absolute atomic E-state index is 0.0174. The molecular weight excluding hydrogens is 282 g/mol. The molecule has 20 heavy (non-hydrogen) atoms. The third-order valence-electron chi connectivity index (χ3n) is 2.94. The molecule has 8 heteroatoms. The number of nitrogens with one attached hydrogen (secondary N) is 1. The molecule has 0 fully saturated rings. The Labute approximate surface area is 117 Å². The number of aliphatic carboxylic acids is 1. The van der Waals surface area contributed by atoms with E-state index in [1.165, 1.54) is 28.1 Å². The first-order chi connectivity index (χ1) is 9.54. The maximum absolute atomic E-state index is 12.0. The number of carboxylic acids is 1. The van der Waals surface area contributed by atoms with E-state index in [2.05, 4.69) is 10.3 Å². The highest BCUT2D eigenvalue weighted by atomic mass is 32.1. The molecule has 1 amide bonds. The quantitative estimate of drug-likeness (QED) is 0.841. The first-order valence-corrected chi connectivity index (χ1v) is 6.88. The van der Waals surface area contributed by atoms with Crippen LogP contribution in [0.5, 0.6) is 0 Å². The number of carbonyl (C=O) groups excluding carboxylic acids is 1. The van der Waals surface area contributed by atoms with Crippen molar-refractivity contribution >= 4 is 28.2 Å². The standard InChI is InChI=1S/C12H13N3O4S/c1-2-7(11(18)19)5-13-9(16)8-6-14-12-15(10(8)17)3-4-20-12/h3-4,6-7H,2,5H2,1H3,(H,13,16)(H,18,19). The summed E-state index contributed by atoms with van der Waals surface area (Å²) in [6.07, 6.45) is 3.15. The van der Waals surface area contributed by atoms with Crippen LogP contribution in [0.3, 0.4) is 0 Å². The maximum Gasteiger partial charge on any atom is 0.308 e. The molecule has 0 aliphatic heterocycles. The summed E-state index contributed by atoms with van der Waals surface area (Å²) in [7, 11) is 0. The molecule has 2 N–H and O–H groups in total. The Balaban J connectivity index is 2.17. The Morgan fingerprint density at radius 3 is 2.95 bits per heavy atom. The van der Waals surface area contributed by atoms with E-state index in [1.807, 2.05) is 0 Å². The normalized spacial score (nSPS) is 12.2. The summed E-state index contributed by atoms with van der Waals surface area (Å²) >= 11 is 1.29. The molecule has 2 aromatic rings. The van der Waals surface area contributed by atoms with Crippen LogP contribution in [-0.2, 0) is 4.79 Å². The van der Waals surface area contributed by atoms with Crippen molar-refractivity contribution in [3.8, 4) is 0 Å². The van der Waals surface area contributed by atoms with Gasteiger partial charge in [0, 0.05) is 24.3 Å². The van der Waals surface area contributed by atoms with Gasteiger partial charge in [0.15, 0.2) is 4.96 Å². The molecule has 2 rings (SSSR count). The van der Waals surface area contributed by atoms with Gasteiger partial charge in [-0.25, -0.2) is 4.98 Å². The van der Waals surface area contributed by atoms with E-state index in [9.17, 15) is 14.4 Å². The molecule has 1 atom stereocenters. The van der Waals surface area contributed by atoms with Crippen LogP contribution in [-0.4, -0.2) is 32.9 Å². The van der Waals surface area contributed by atoms with E-state index < -0.39 is 23.4 Å². The predicted octanol–water partition coefficient (Wildman–Crippen LogP) is 0.597. The molecule has 0 aliphatic rings. The topological polar surface area (TPSA) is 101 Å². The fraction of sp³-hybridized carbons (Fsp3) is 0.333. The molecule has 106 valence electrons. The predicted molar refractivity (Wildman–Crippen MR) is 73.1 cm³/mol. The van der Waals surface area contributed by atoms with Crippen LogP contribution in [0.25, 0.3) is 4.96 Å². The first kappa shape index (κ1) is 14.2. The van der Waals surface area contributed by atoms with Gasteiger partial charge in [-0.2, -0.15) is 0 Å². The third kappa shape index (κ3) is 2.69. The zero-order chi connectivity index (χ0) is 14.7. The molecule has 0 bridgehead atoms. The Kier molecular flexibility index (Phi) is 4.14. The summed E-state index contributed by atoms with van der Waals surface area (Å²) in [4.78, 5) is 39.3. The summed E-state index contributed by atoms with van der Waals surface area (Å²) in [5.41, 5.74) is -0.557. The van der Waals surface area contributed by atoms with Crippen LogP contribution in [0, 0.1) is 5.92 Å². The van der Waals surface area contributed by atoms with Crippen molar-refractivity contribution in [2.45, 2.75) is 13.3 Å². The number of amides is 1. The smallest absolute Gasteiger partial charge is 0.308 e. The van der Waals surface area contributed by atoms with Crippen LogP contribution >= 0.6 is 11.3 Å². The second-order valence-corrected chi connectivity index (χ2v) is 5.06. The van der Waals surface area contributed by atoms with Gasteiger partial charge in [-0.3, -0.25) is 18.8 Å². The van der Waals surface area contributed by atoms with E-state index in [0.717, 1.165) is 0 Å². The van der Waals surface area contributed by atoms with Gasteiger partial charge in [0.05, 0.1) is 5.92 Å². The minimum Gasteiger partial charge on any atom is -0.481 e. The van der Waals surface area contributed by atoms with E-state index >= 15 is 0 Å². The monoisotopic (exact) mass is 295 g/mol. The van der Waals surface area contributed by atoms with Crippen LogP contribution < -0.4 is 10.9 Å². The molecule has 2 heterocycles. The average molecular weight is 295 g/mol. The van der Waals surface area contributed by atoms with Gasteiger partial charge in [0.1, 0.15) is 5.56 Å². The summed E-state index contributed by atoms with van der Waals surface area (Å²) in [6.45, 7) is 1.70. The number of carboxylic acid groups (broad SMARTS) is 1. The number of carbonyl (C=O) groups is 2. The van der Waals surface area contributed by atoms with Crippen molar-refractivity contribution in [3.63, 3.8) is 0 Å².